The van der Waals surface area contributed by atoms with Crippen molar-refractivity contribution in [1.82, 2.24) is 9.80 Å². The van der Waals surface area contributed by atoms with Crippen LogP contribution in [0.5, 0.6) is 0 Å². The molecule has 4 rings (SSSR count). The van der Waals surface area contributed by atoms with Crippen LogP contribution in [0.15, 0.2) is 78.2 Å². The van der Waals surface area contributed by atoms with Crippen LogP contribution in [0.25, 0.3) is 0 Å². The van der Waals surface area contributed by atoms with E-state index in [0.717, 1.165) is 62.4 Å². The van der Waals surface area contributed by atoms with Gasteiger partial charge in [0.25, 0.3) is 0 Å². The zero-order valence-electron chi connectivity index (χ0n) is 17.9. The summed E-state index contributed by atoms with van der Waals surface area (Å²) in [5.74, 6) is 1.72. The number of hydrogen-bond donors (Lipinski definition) is 0. The van der Waals surface area contributed by atoms with Crippen molar-refractivity contribution < 1.29 is 19.0 Å². The van der Waals surface area contributed by atoms with Gasteiger partial charge in [-0.1, -0.05) is 54.1 Å². The molecule has 0 saturated carbocycles. The molecule has 1 aromatic carbocycles. The second-order valence-corrected chi connectivity index (χ2v) is 7.99. The van der Waals surface area contributed by atoms with Crippen LogP contribution in [0, 0.1) is 0 Å². The van der Waals surface area contributed by atoms with Gasteiger partial charge in [0.1, 0.15) is 30.6 Å². The Bertz CT molecular complexity index is 865. The van der Waals surface area contributed by atoms with Crippen LogP contribution in [-0.2, 0) is 20.8 Å². The third kappa shape index (κ3) is 6.49. The second-order valence-electron chi connectivity index (χ2n) is 7.99. The van der Waals surface area contributed by atoms with Crippen molar-refractivity contribution in [3.8, 4) is 0 Å². The van der Waals surface area contributed by atoms with Gasteiger partial charge >= 0.3 is 6.09 Å². The molecule has 6 nitrogen and oxygen atoms in total. The molecule has 1 fully saturated rings. The predicted octanol–water partition coefficient (Wildman–Crippen LogP) is 4.73. The minimum Gasteiger partial charge on any atom is -0.466 e. The molecule has 1 saturated heterocycles. The van der Waals surface area contributed by atoms with Crippen LogP contribution >= 0.6 is 0 Å². The molecule has 0 aromatic heterocycles. The fourth-order valence-corrected chi connectivity index (χ4v) is 3.85. The fourth-order valence-electron chi connectivity index (χ4n) is 3.85. The number of allylic oxidation sites excluding steroid dienone is 4. The topological polar surface area (TPSA) is 51.2 Å². The van der Waals surface area contributed by atoms with Crippen molar-refractivity contribution in [2.24, 2.45) is 0 Å². The van der Waals surface area contributed by atoms with Crippen LogP contribution in [0.4, 0.5) is 4.79 Å². The molecule has 31 heavy (non-hydrogen) atoms. The lowest BCUT2D eigenvalue weighted by Crippen LogP contribution is -2.49. The first kappa shape index (κ1) is 21.2. The van der Waals surface area contributed by atoms with E-state index in [-0.39, 0.29) is 6.09 Å². The van der Waals surface area contributed by atoms with Crippen LogP contribution in [0.2, 0.25) is 0 Å². The number of carbonyl (C=O) groups excluding carboxylic acids is 1. The Morgan fingerprint density at radius 3 is 2.61 bits per heavy atom. The number of benzene rings is 1. The second kappa shape index (κ2) is 10.9. The van der Waals surface area contributed by atoms with Gasteiger partial charge < -0.3 is 19.1 Å². The predicted molar refractivity (Wildman–Crippen MR) is 119 cm³/mol. The monoisotopic (exact) mass is 422 g/mol. The molecule has 1 aromatic rings. The summed E-state index contributed by atoms with van der Waals surface area (Å²) in [4.78, 5) is 16.4. The largest absolute Gasteiger partial charge is 0.466 e. The Labute approximate surface area is 184 Å². The fraction of sp³-hybridized carbons (Fsp3) is 0.400. The first-order valence-corrected chi connectivity index (χ1v) is 11.0. The quantitative estimate of drug-likeness (QED) is 0.636. The summed E-state index contributed by atoms with van der Waals surface area (Å²) in [6, 6.07) is 9.76. The van der Waals surface area contributed by atoms with Crippen molar-refractivity contribution in [2.75, 3.05) is 32.7 Å². The highest BCUT2D eigenvalue weighted by atomic mass is 16.6. The van der Waals surface area contributed by atoms with Crippen molar-refractivity contribution in [3.63, 3.8) is 0 Å². The minimum absolute atomic E-state index is 0.239. The number of rotatable bonds is 7. The molecule has 1 amide bonds. The minimum atomic E-state index is -0.239. The molecular formula is C25H30N2O4. The maximum atomic E-state index is 12.3. The maximum Gasteiger partial charge on any atom is 0.410 e. The molecule has 2 heterocycles. The molecule has 0 radical (unpaired) electrons. The SMILES string of the molecule is O=C(OCc1ccccc1)N1CCN(CCC2=COC=C(CC3=CC=CCC3)O2)CC1. The molecule has 0 bridgehead atoms. The summed E-state index contributed by atoms with van der Waals surface area (Å²) < 4.78 is 17.0. The molecule has 0 spiro atoms. The number of hydrogen-bond acceptors (Lipinski definition) is 5. The van der Waals surface area contributed by atoms with Crippen LogP contribution in [-0.4, -0.2) is 48.6 Å². The lowest BCUT2D eigenvalue weighted by Gasteiger charge is -2.34. The third-order valence-corrected chi connectivity index (χ3v) is 5.67. The Kier molecular flexibility index (Phi) is 7.45. The third-order valence-electron chi connectivity index (χ3n) is 5.67. The number of piperazine rings is 1. The van der Waals surface area contributed by atoms with Gasteiger partial charge in [0.2, 0.25) is 0 Å². The summed E-state index contributed by atoms with van der Waals surface area (Å²) in [5.41, 5.74) is 2.37. The van der Waals surface area contributed by atoms with Gasteiger partial charge in [0.15, 0.2) is 0 Å². The van der Waals surface area contributed by atoms with E-state index in [0.29, 0.717) is 19.7 Å². The standard InChI is InChI=1S/C25H30N2O4/c28-25(30-18-22-9-5-2-6-10-22)27-15-13-26(14-16-27)12-11-23-19-29-20-24(31-23)17-21-7-3-1-4-8-21/h1-3,5-7,9-10,19-20H,4,8,11-18H2. The molecule has 0 N–H and O–H groups in total. The summed E-state index contributed by atoms with van der Waals surface area (Å²) in [6.07, 6.45) is 13.4. The summed E-state index contributed by atoms with van der Waals surface area (Å²) in [6.45, 7) is 4.20. The molecule has 1 aliphatic carbocycles. The van der Waals surface area contributed by atoms with Crippen molar-refractivity contribution >= 4 is 6.09 Å². The number of carbonyl (C=O) groups is 1. The normalized spacial score (nSPS) is 19.0. The smallest absolute Gasteiger partial charge is 0.410 e. The first-order chi connectivity index (χ1) is 15.3. The Hall–Kier alpha value is -2.99. The molecule has 6 heteroatoms. The molecule has 0 atom stereocenters. The van der Waals surface area contributed by atoms with Gasteiger partial charge in [-0.15, -0.1) is 0 Å². The zero-order valence-corrected chi connectivity index (χ0v) is 17.9. The van der Waals surface area contributed by atoms with Crippen LogP contribution < -0.4 is 0 Å². The molecule has 0 unspecified atom stereocenters. The van der Waals surface area contributed by atoms with Gasteiger partial charge in [0.05, 0.1) is 0 Å². The number of amides is 1. The summed E-state index contributed by atoms with van der Waals surface area (Å²) in [7, 11) is 0. The highest BCUT2D eigenvalue weighted by Gasteiger charge is 2.23. The summed E-state index contributed by atoms with van der Waals surface area (Å²) >= 11 is 0. The van der Waals surface area contributed by atoms with E-state index in [9.17, 15) is 4.79 Å². The van der Waals surface area contributed by atoms with E-state index in [1.54, 1.807) is 17.4 Å². The highest BCUT2D eigenvalue weighted by Crippen LogP contribution is 2.25. The molecule has 3 aliphatic rings. The van der Waals surface area contributed by atoms with E-state index < -0.39 is 0 Å². The first-order valence-electron chi connectivity index (χ1n) is 11.0. The van der Waals surface area contributed by atoms with Gasteiger partial charge in [-0.05, 0) is 18.4 Å². The zero-order chi connectivity index (χ0) is 21.3. The maximum absolute atomic E-state index is 12.3. The lowest BCUT2D eigenvalue weighted by molar-refractivity contribution is 0.0706. The van der Waals surface area contributed by atoms with Gasteiger partial charge in [-0.2, -0.15) is 0 Å². The van der Waals surface area contributed by atoms with Crippen molar-refractivity contribution in [2.45, 2.75) is 32.3 Å². The van der Waals surface area contributed by atoms with Gasteiger partial charge in [-0.3, -0.25) is 4.90 Å². The number of ether oxygens (including phenoxy) is 3. The summed E-state index contributed by atoms with van der Waals surface area (Å²) in [5, 5.41) is 0. The average Bonchev–Trinajstić information content (AvgIpc) is 2.83. The lowest BCUT2D eigenvalue weighted by atomic mass is 10.0. The molecule has 2 aliphatic heterocycles. The van der Waals surface area contributed by atoms with Crippen LogP contribution in [0.3, 0.4) is 0 Å². The van der Waals surface area contributed by atoms with E-state index in [1.165, 1.54) is 5.57 Å². The van der Waals surface area contributed by atoms with E-state index in [4.69, 9.17) is 14.2 Å². The van der Waals surface area contributed by atoms with Gasteiger partial charge in [0, 0.05) is 45.6 Å². The molecule has 164 valence electrons. The Morgan fingerprint density at radius 2 is 1.84 bits per heavy atom. The van der Waals surface area contributed by atoms with Gasteiger partial charge in [-0.25, -0.2) is 4.79 Å². The van der Waals surface area contributed by atoms with E-state index in [2.05, 4.69) is 23.1 Å². The Morgan fingerprint density at radius 1 is 1.03 bits per heavy atom. The Balaban J connectivity index is 1.14. The molecular weight excluding hydrogens is 392 g/mol. The van der Waals surface area contributed by atoms with Crippen molar-refractivity contribution in [3.05, 3.63) is 83.7 Å². The average molecular weight is 423 g/mol. The highest BCUT2D eigenvalue weighted by molar-refractivity contribution is 5.67. The van der Waals surface area contributed by atoms with Crippen LogP contribution in [0.1, 0.15) is 31.2 Å². The van der Waals surface area contributed by atoms with E-state index >= 15 is 0 Å². The van der Waals surface area contributed by atoms with Crippen molar-refractivity contribution in [1.29, 1.82) is 0 Å². The van der Waals surface area contributed by atoms with E-state index in [1.807, 2.05) is 30.3 Å². The number of nitrogens with zero attached hydrogens (tertiary/aromatic N) is 2.